The van der Waals surface area contributed by atoms with Gasteiger partial charge >= 0.3 is 6.61 Å². The molecule has 0 unspecified atom stereocenters. The predicted octanol–water partition coefficient (Wildman–Crippen LogP) is 4.72. The van der Waals surface area contributed by atoms with Crippen molar-refractivity contribution in [3.8, 4) is 5.75 Å². The van der Waals surface area contributed by atoms with Gasteiger partial charge in [-0.25, -0.2) is 0 Å². The van der Waals surface area contributed by atoms with Crippen molar-refractivity contribution in [3.05, 3.63) is 28.2 Å². The lowest BCUT2D eigenvalue weighted by Crippen LogP contribution is -2.24. The summed E-state index contributed by atoms with van der Waals surface area (Å²) in [5.41, 5.74) is 0.760. The third-order valence-corrected chi connectivity index (χ3v) is 4.21. The first-order valence-corrected chi connectivity index (χ1v) is 7.88. The Morgan fingerprint density at radius 3 is 2.70 bits per heavy atom. The van der Waals surface area contributed by atoms with E-state index in [2.05, 4.69) is 26.0 Å². The molecule has 0 heterocycles. The highest BCUT2D eigenvalue weighted by Gasteiger charge is 2.14. The molecule has 1 fully saturated rings. The van der Waals surface area contributed by atoms with Crippen LogP contribution in [0.5, 0.6) is 5.75 Å². The Morgan fingerprint density at radius 2 is 2.00 bits per heavy atom. The number of halogens is 3. The average molecular weight is 348 g/mol. The van der Waals surface area contributed by atoms with Crippen LogP contribution in [0.15, 0.2) is 22.7 Å². The van der Waals surface area contributed by atoms with E-state index in [9.17, 15) is 8.78 Å². The minimum absolute atomic E-state index is 0.249. The van der Waals surface area contributed by atoms with Crippen molar-refractivity contribution in [3.63, 3.8) is 0 Å². The van der Waals surface area contributed by atoms with Crippen molar-refractivity contribution < 1.29 is 13.5 Å². The van der Waals surface area contributed by atoms with E-state index < -0.39 is 6.61 Å². The predicted molar refractivity (Wildman–Crippen MR) is 79.1 cm³/mol. The van der Waals surface area contributed by atoms with E-state index in [4.69, 9.17) is 0 Å². The normalized spacial score (nSPS) is 16.6. The number of nitrogens with one attached hydrogen (secondary N) is 1. The first-order valence-electron chi connectivity index (χ1n) is 7.09. The highest BCUT2D eigenvalue weighted by Crippen LogP contribution is 2.26. The average Bonchev–Trinajstić information content (AvgIpc) is 2.42. The standard InChI is InChI=1S/C15H20BrF2NO/c16-13-6-7-14(20-15(17)18)12(8-13)10-19-9-11-4-2-1-3-5-11/h6-8,11,15,19H,1-5,9-10H2. The van der Waals surface area contributed by atoms with Crippen molar-refractivity contribution in [1.82, 2.24) is 5.32 Å². The number of benzene rings is 1. The Hall–Kier alpha value is -0.680. The SMILES string of the molecule is FC(F)Oc1ccc(Br)cc1CNCC1CCCCC1. The second-order valence-corrected chi connectivity index (χ2v) is 6.18. The van der Waals surface area contributed by atoms with Gasteiger partial charge in [0.2, 0.25) is 0 Å². The highest BCUT2D eigenvalue weighted by atomic mass is 79.9. The monoisotopic (exact) mass is 347 g/mol. The molecular formula is C15H20BrF2NO. The van der Waals surface area contributed by atoms with Gasteiger partial charge in [-0.15, -0.1) is 0 Å². The first-order chi connectivity index (χ1) is 9.65. The molecule has 0 amide bonds. The molecule has 112 valence electrons. The molecule has 0 radical (unpaired) electrons. The summed E-state index contributed by atoms with van der Waals surface area (Å²) in [5, 5.41) is 3.37. The molecule has 1 aliphatic rings. The van der Waals surface area contributed by atoms with Crippen LogP contribution in [0.3, 0.4) is 0 Å². The number of ether oxygens (including phenoxy) is 1. The minimum atomic E-state index is -2.78. The lowest BCUT2D eigenvalue weighted by molar-refractivity contribution is -0.0505. The molecule has 2 rings (SSSR count). The lowest BCUT2D eigenvalue weighted by atomic mass is 9.89. The van der Waals surface area contributed by atoms with Gasteiger partial charge in [-0.05, 0) is 43.5 Å². The summed E-state index contributed by atoms with van der Waals surface area (Å²) in [6.07, 6.45) is 6.50. The van der Waals surface area contributed by atoms with Crippen molar-refractivity contribution >= 4 is 15.9 Å². The summed E-state index contributed by atoms with van der Waals surface area (Å²) in [4.78, 5) is 0. The van der Waals surface area contributed by atoms with Crippen LogP contribution in [-0.2, 0) is 6.54 Å². The molecule has 1 aromatic rings. The van der Waals surface area contributed by atoms with Crippen LogP contribution in [-0.4, -0.2) is 13.2 Å². The molecule has 20 heavy (non-hydrogen) atoms. The van der Waals surface area contributed by atoms with Gasteiger partial charge in [-0.1, -0.05) is 35.2 Å². The van der Waals surface area contributed by atoms with Crippen LogP contribution in [0.1, 0.15) is 37.7 Å². The Kier molecular flexibility index (Phi) is 6.23. The fraction of sp³-hybridized carbons (Fsp3) is 0.600. The molecule has 0 spiro atoms. The molecule has 5 heteroatoms. The second kappa shape index (κ2) is 7.93. The Labute approximate surface area is 127 Å². The molecule has 1 N–H and O–H groups in total. The zero-order valence-electron chi connectivity index (χ0n) is 11.4. The quantitative estimate of drug-likeness (QED) is 0.803. The maximum absolute atomic E-state index is 12.4. The van der Waals surface area contributed by atoms with Crippen LogP contribution in [0, 0.1) is 5.92 Å². The van der Waals surface area contributed by atoms with Crippen LogP contribution < -0.4 is 10.1 Å². The van der Waals surface area contributed by atoms with Gasteiger partial charge in [0.25, 0.3) is 0 Å². The first kappa shape index (κ1) is 15.7. The van der Waals surface area contributed by atoms with E-state index >= 15 is 0 Å². The lowest BCUT2D eigenvalue weighted by Gasteiger charge is -2.22. The smallest absolute Gasteiger partial charge is 0.387 e. The highest BCUT2D eigenvalue weighted by molar-refractivity contribution is 9.10. The number of rotatable bonds is 6. The van der Waals surface area contributed by atoms with E-state index in [0.29, 0.717) is 6.54 Å². The Balaban J connectivity index is 1.88. The van der Waals surface area contributed by atoms with Crippen molar-refractivity contribution in [2.24, 2.45) is 5.92 Å². The number of hydrogen-bond donors (Lipinski definition) is 1. The molecule has 0 saturated heterocycles. The summed E-state index contributed by atoms with van der Waals surface area (Å²) >= 11 is 3.36. The van der Waals surface area contributed by atoms with Crippen LogP contribution in [0.4, 0.5) is 8.78 Å². The summed E-state index contributed by atoms with van der Waals surface area (Å²) in [7, 11) is 0. The van der Waals surface area contributed by atoms with E-state index in [1.165, 1.54) is 32.1 Å². The molecule has 0 aliphatic heterocycles. The van der Waals surface area contributed by atoms with Gasteiger partial charge < -0.3 is 10.1 Å². The molecule has 1 saturated carbocycles. The molecule has 0 bridgehead atoms. The van der Waals surface area contributed by atoms with Crippen molar-refractivity contribution in [2.45, 2.75) is 45.3 Å². The fourth-order valence-electron chi connectivity index (χ4n) is 2.70. The summed E-state index contributed by atoms with van der Waals surface area (Å²) in [6, 6.07) is 5.11. The van der Waals surface area contributed by atoms with Gasteiger partial charge in [0, 0.05) is 16.6 Å². The molecular weight excluding hydrogens is 328 g/mol. The van der Waals surface area contributed by atoms with Gasteiger partial charge in [-0.2, -0.15) is 8.78 Å². The minimum Gasteiger partial charge on any atom is -0.434 e. The van der Waals surface area contributed by atoms with Crippen LogP contribution >= 0.6 is 15.9 Å². The van der Waals surface area contributed by atoms with E-state index in [-0.39, 0.29) is 5.75 Å². The van der Waals surface area contributed by atoms with Crippen molar-refractivity contribution in [2.75, 3.05) is 6.54 Å². The third-order valence-electron chi connectivity index (χ3n) is 3.71. The maximum atomic E-state index is 12.4. The van der Waals surface area contributed by atoms with E-state index in [1.807, 2.05) is 6.07 Å². The second-order valence-electron chi connectivity index (χ2n) is 5.27. The zero-order chi connectivity index (χ0) is 14.4. The van der Waals surface area contributed by atoms with Gasteiger partial charge in [0.15, 0.2) is 0 Å². The summed E-state index contributed by atoms with van der Waals surface area (Å²) < 4.78 is 30.1. The van der Waals surface area contributed by atoms with Crippen LogP contribution in [0.25, 0.3) is 0 Å². The maximum Gasteiger partial charge on any atom is 0.387 e. The number of alkyl halides is 2. The molecule has 0 aromatic heterocycles. The summed E-state index contributed by atoms with van der Waals surface area (Å²) in [6.45, 7) is -1.29. The molecule has 2 nitrogen and oxygen atoms in total. The number of hydrogen-bond acceptors (Lipinski definition) is 2. The topological polar surface area (TPSA) is 21.3 Å². The summed E-state index contributed by atoms with van der Waals surface area (Å²) in [5.74, 6) is 0.967. The Bertz CT molecular complexity index is 422. The van der Waals surface area contributed by atoms with Crippen LogP contribution in [0.2, 0.25) is 0 Å². The van der Waals surface area contributed by atoms with Crippen molar-refractivity contribution in [1.29, 1.82) is 0 Å². The largest absolute Gasteiger partial charge is 0.434 e. The molecule has 1 aliphatic carbocycles. The van der Waals surface area contributed by atoms with Gasteiger partial charge in [-0.3, -0.25) is 0 Å². The van der Waals surface area contributed by atoms with Gasteiger partial charge in [0.05, 0.1) is 0 Å². The van der Waals surface area contributed by atoms with Gasteiger partial charge in [0.1, 0.15) is 5.75 Å². The zero-order valence-corrected chi connectivity index (χ0v) is 13.0. The Morgan fingerprint density at radius 1 is 1.25 bits per heavy atom. The molecule has 0 atom stereocenters. The fourth-order valence-corrected chi connectivity index (χ4v) is 3.11. The van der Waals surface area contributed by atoms with E-state index in [1.54, 1.807) is 12.1 Å². The van der Waals surface area contributed by atoms with E-state index in [0.717, 1.165) is 22.5 Å². The molecule has 1 aromatic carbocycles. The third kappa shape index (κ3) is 5.02.